The Hall–Kier alpha value is -1.01. The van der Waals surface area contributed by atoms with Crippen LogP contribution in [0.2, 0.25) is 5.02 Å². The molecule has 0 fully saturated rings. The molecule has 1 rings (SSSR count). The Morgan fingerprint density at radius 3 is 2.59 bits per heavy atom. The van der Waals surface area contributed by atoms with Crippen LogP contribution in [0.1, 0.15) is 12.0 Å². The van der Waals surface area contributed by atoms with Gasteiger partial charge in [0.05, 0.1) is 23.6 Å². The first kappa shape index (κ1) is 14.1. The summed E-state index contributed by atoms with van der Waals surface area (Å²) in [6, 6.07) is 4.55. The highest BCUT2D eigenvalue weighted by Gasteiger charge is 2.27. The Bertz CT molecular complexity index is 423. The van der Waals surface area contributed by atoms with Crippen LogP contribution in [0, 0.1) is 0 Å². The average Bonchev–Trinajstić information content (AvgIpc) is 2.14. The van der Waals surface area contributed by atoms with E-state index in [1.165, 1.54) is 12.1 Å². The highest BCUT2D eigenvalue weighted by molar-refractivity contribution is 7.80. The minimum Gasteiger partial charge on any atom is -0.492 e. The molecule has 1 aromatic rings. The number of halogens is 4. The number of ether oxygens (including phenoxy) is 1. The van der Waals surface area contributed by atoms with E-state index in [2.05, 4.69) is 0 Å². The van der Waals surface area contributed by atoms with Gasteiger partial charge in [0.15, 0.2) is 0 Å². The van der Waals surface area contributed by atoms with Gasteiger partial charge in [-0.3, -0.25) is 0 Å². The molecule has 17 heavy (non-hydrogen) atoms. The third kappa shape index (κ3) is 4.40. The van der Waals surface area contributed by atoms with Gasteiger partial charge in [-0.1, -0.05) is 29.9 Å². The van der Waals surface area contributed by atoms with Crippen molar-refractivity contribution in [3.8, 4) is 5.75 Å². The molecule has 0 amide bonds. The lowest BCUT2D eigenvalue weighted by Gasteiger charge is -2.12. The van der Waals surface area contributed by atoms with Crippen molar-refractivity contribution in [2.75, 3.05) is 6.61 Å². The van der Waals surface area contributed by atoms with Crippen LogP contribution in [-0.2, 0) is 0 Å². The van der Waals surface area contributed by atoms with Crippen LogP contribution in [0.25, 0.3) is 0 Å². The lowest BCUT2D eigenvalue weighted by molar-refractivity contribution is -0.139. The zero-order chi connectivity index (χ0) is 13.1. The van der Waals surface area contributed by atoms with Crippen molar-refractivity contribution < 1.29 is 17.9 Å². The highest BCUT2D eigenvalue weighted by Crippen LogP contribution is 2.27. The molecular formula is C10H9ClF3NOS. The molecule has 0 radical (unpaired) electrons. The standard InChI is InChI=1S/C10H9ClF3NOS/c11-6-2-1-3-7(8(6)9(15)17)16-5-4-10(12,13)14/h1-3H,4-5H2,(H2,15,17). The minimum absolute atomic E-state index is 0.0161. The van der Waals surface area contributed by atoms with E-state index >= 15 is 0 Å². The lowest BCUT2D eigenvalue weighted by Crippen LogP contribution is -2.16. The minimum atomic E-state index is -4.26. The first-order valence-corrected chi connectivity index (χ1v) is 5.38. The summed E-state index contributed by atoms with van der Waals surface area (Å²) in [4.78, 5) is -0.0161. The van der Waals surface area contributed by atoms with Gasteiger partial charge >= 0.3 is 6.18 Å². The number of hydrogen-bond acceptors (Lipinski definition) is 2. The van der Waals surface area contributed by atoms with E-state index in [4.69, 9.17) is 34.3 Å². The molecule has 0 bridgehead atoms. The van der Waals surface area contributed by atoms with Crippen LogP contribution < -0.4 is 10.5 Å². The quantitative estimate of drug-likeness (QED) is 0.861. The molecule has 0 atom stereocenters. The maximum Gasteiger partial charge on any atom is 0.392 e. The van der Waals surface area contributed by atoms with Gasteiger partial charge in [-0.25, -0.2) is 0 Å². The zero-order valence-electron chi connectivity index (χ0n) is 8.55. The molecule has 7 heteroatoms. The summed E-state index contributed by atoms with van der Waals surface area (Å²) in [5.74, 6) is 0.161. The van der Waals surface area contributed by atoms with Crippen molar-refractivity contribution in [3.05, 3.63) is 28.8 Å². The Balaban J connectivity index is 2.78. The number of hydrogen-bond donors (Lipinski definition) is 1. The molecule has 0 heterocycles. The number of thiocarbonyl (C=S) groups is 1. The van der Waals surface area contributed by atoms with Crippen molar-refractivity contribution in [1.29, 1.82) is 0 Å². The van der Waals surface area contributed by atoms with E-state index in [0.717, 1.165) is 0 Å². The first-order chi connectivity index (χ1) is 7.81. The third-order valence-corrected chi connectivity index (χ3v) is 2.38. The van der Waals surface area contributed by atoms with Crippen molar-refractivity contribution in [1.82, 2.24) is 0 Å². The van der Waals surface area contributed by atoms with Gasteiger partial charge in [0.1, 0.15) is 10.7 Å². The van der Waals surface area contributed by atoms with Crippen molar-refractivity contribution in [3.63, 3.8) is 0 Å². The number of alkyl halides is 3. The molecule has 0 saturated heterocycles. The van der Waals surface area contributed by atoms with E-state index in [-0.39, 0.29) is 21.3 Å². The van der Waals surface area contributed by atoms with E-state index in [1.807, 2.05) is 0 Å². The molecule has 2 N–H and O–H groups in total. The molecular weight excluding hydrogens is 275 g/mol. The van der Waals surface area contributed by atoms with E-state index < -0.39 is 19.2 Å². The summed E-state index contributed by atoms with van der Waals surface area (Å²) in [6.07, 6.45) is -5.31. The second kappa shape index (κ2) is 5.55. The van der Waals surface area contributed by atoms with Gasteiger partial charge < -0.3 is 10.5 Å². The third-order valence-electron chi connectivity index (χ3n) is 1.86. The van der Waals surface area contributed by atoms with Crippen LogP contribution in [-0.4, -0.2) is 17.8 Å². The molecule has 0 aliphatic heterocycles. The molecule has 0 aliphatic carbocycles. The van der Waals surface area contributed by atoms with Gasteiger partial charge in [0.25, 0.3) is 0 Å². The monoisotopic (exact) mass is 283 g/mol. The fourth-order valence-electron chi connectivity index (χ4n) is 1.14. The molecule has 0 spiro atoms. The lowest BCUT2D eigenvalue weighted by atomic mass is 10.2. The maximum atomic E-state index is 11.9. The van der Waals surface area contributed by atoms with Crippen molar-refractivity contribution >= 4 is 28.8 Å². The van der Waals surface area contributed by atoms with Crippen LogP contribution in [0.15, 0.2) is 18.2 Å². The fraction of sp³-hybridized carbons (Fsp3) is 0.300. The molecule has 2 nitrogen and oxygen atoms in total. The van der Waals surface area contributed by atoms with Gasteiger partial charge in [-0.2, -0.15) is 13.2 Å². The normalized spacial score (nSPS) is 11.3. The summed E-state index contributed by atoms with van der Waals surface area (Å²) >= 11 is 10.6. The van der Waals surface area contributed by atoms with Gasteiger partial charge in [-0.15, -0.1) is 0 Å². The zero-order valence-corrected chi connectivity index (χ0v) is 10.1. The summed E-state index contributed by atoms with van der Waals surface area (Å²) < 4.78 is 40.8. The Morgan fingerprint density at radius 2 is 2.06 bits per heavy atom. The summed E-state index contributed by atoms with van der Waals surface area (Å²) in [6.45, 7) is -0.501. The maximum absolute atomic E-state index is 11.9. The Kier molecular flexibility index (Phi) is 4.59. The molecule has 94 valence electrons. The van der Waals surface area contributed by atoms with E-state index in [1.54, 1.807) is 6.07 Å². The van der Waals surface area contributed by atoms with Crippen molar-refractivity contribution in [2.45, 2.75) is 12.6 Å². The number of rotatable bonds is 4. The largest absolute Gasteiger partial charge is 0.492 e. The van der Waals surface area contributed by atoms with E-state index in [0.29, 0.717) is 0 Å². The molecule has 0 aromatic heterocycles. The van der Waals surface area contributed by atoms with Crippen LogP contribution in [0.5, 0.6) is 5.75 Å². The fourth-order valence-corrected chi connectivity index (χ4v) is 1.67. The van der Waals surface area contributed by atoms with Crippen molar-refractivity contribution in [2.24, 2.45) is 5.73 Å². The molecule has 1 aromatic carbocycles. The number of benzene rings is 1. The SMILES string of the molecule is NC(=S)c1c(Cl)cccc1OCCC(F)(F)F. The van der Waals surface area contributed by atoms with E-state index in [9.17, 15) is 13.2 Å². The molecule has 0 unspecified atom stereocenters. The molecule has 0 aliphatic rings. The number of nitrogens with two attached hydrogens (primary N) is 1. The second-order valence-corrected chi connectivity index (χ2v) is 4.04. The highest BCUT2D eigenvalue weighted by atomic mass is 35.5. The van der Waals surface area contributed by atoms with Gasteiger partial charge in [-0.05, 0) is 12.1 Å². The predicted octanol–water partition coefficient (Wildman–Crippen LogP) is 3.31. The Morgan fingerprint density at radius 1 is 1.41 bits per heavy atom. The second-order valence-electron chi connectivity index (χ2n) is 3.19. The summed E-state index contributed by atoms with van der Waals surface area (Å²) in [5, 5.41) is 0.252. The van der Waals surface area contributed by atoms with Crippen LogP contribution >= 0.6 is 23.8 Å². The average molecular weight is 284 g/mol. The topological polar surface area (TPSA) is 35.2 Å². The Labute approximate surface area is 107 Å². The predicted molar refractivity (Wildman–Crippen MR) is 63.5 cm³/mol. The first-order valence-electron chi connectivity index (χ1n) is 4.59. The van der Waals surface area contributed by atoms with Gasteiger partial charge in [0.2, 0.25) is 0 Å². The smallest absolute Gasteiger partial charge is 0.392 e. The van der Waals surface area contributed by atoms with Crippen LogP contribution in [0.3, 0.4) is 0 Å². The summed E-state index contributed by atoms with van der Waals surface area (Å²) in [7, 11) is 0. The van der Waals surface area contributed by atoms with Crippen LogP contribution in [0.4, 0.5) is 13.2 Å². The molecule has 0 saturated carbocycles. The summed E-state index contributed by atoms with van der Waals surface area (Å²) in [5.41, 5.74) is 5.67. The van der Waals surface area contributed by atoms with Gasteiger partial charge in [0, 0.05) is 0 Å².